The van der Waals surface area contributed by atoms with Crippen LogP contribution in [-0.2, 0) is 19.6 Å². The third-order valence-electron chi connectivity index (χ3n) is 4.41. The number of methoxy groups -OCH3 is 1. The molecule has 1 heterocycles. The molecule has 0 atom stereocenters. The molecule has 0 amide bonds. The van der Waals surface area contributed by atoms with Gasteiger partial charge in [0.2, 0.25) is 4.77 Å². The Kier molecular flexibility index (Phi) is 7.33. The highest BCUT2D eigenvalue weighted by molar-refractivity contribution is 9.10. The van der Waals surface area contributed by atoms with Crippen LogP contribution in [0.25, 0.3) is 0 Å². The van der Waals surface area contributed by atoms with Crippen LogP contribution in [0.15, 0.2) is 40.9 Å². The number of hydrogen-bond acceptors (Lipinski definition) is 5. The van der Waals surface area contributed by atoms with Crippen molar-refractivity contribution in [3.63, 3.8) is 0 Å². The predicted octanol–water partition coefficient (Wildman–Crippen LogP) is 5.30. The quantitative estimate of drug-likeness (QED) is 0.410. The van der Waals surface area contributed by atoms with Crippen LogP contribution in [0.4, 0.5) is 0 Å². The average molecular weight is 477 g/mol. The molecule has 6 nitrogen and oxygen atoms in total. The van der Waals surface area contributed by atoms with Gasteiger partial charge in [-0.1, -0.05) is 36.8 Å². The molecule has 29 heavy (non-hydrogen) atoms. The third-order valence-corrected chi connectivity index (χ3v) is 5.27. The number of aryl methyl sites for hydroxylation is 2. The number of aromatic nitrogens is 3. The first-order valence-electron chi connectivity index (χ1n) is 9.46. The number of halogens is 1. The van der Waals surface area contributed by atoms with Crippen LogP contribution in [-0.4, -0.2) is 22.0 Å². The van der Waals surface area contributed by atoms with Gasteiger partial charge >= 0.3 is 0 Å². The standard InChI is InChI=1S/C21H25BrN4O2S/c1-4-6-19-24-25-21(29)26(19)23-12-16-10-17(22)20(18(11-16)27-3)28-13-15-8-5-7-14(2)9-15/h5,7-11,23H,4,6,12-13H2,1-3H3,(H,25,29). The Morgan fingerprint density at radius 2 is 2.07 bits per heavy atom. The molecule has 2 aromatic carbocycles. The third kappa shape index (κ3) is 5.39. The minimum atomic E-state index is 0.471. The van der Waals surface area contributed by atoms with Crippen LogP contribution in [0.5, 0.6) is 11.5 Å². The number of rotatable bonds is 9. The summed E-state index contributed by atoms with van der Waals surface area (Å²) in [6.45, 7) is 5.22. The van der Waals surface area contributed by atoms with Crippen LogP contribution in [0.3, 0.4) is 0 Å². The van der Waals surface area contributed by atoms with E-state index in [0.29, 0.717) is 29.4 Å². The second-order valence-corrected chi connectivity index (χ2v) is 7.99. The lowest BCUT2D eigenvalue weighted by Gasteiger charge is -2.16. The fourth-order valence-corrected chi connectivity index (χ4v) is 3.85. The molecule has 8 heteroatoms. The molecule has 2 N–H and O–H groups in total. The number of nitrogens with zero attached hydrogens (tertiary/aromatic N) is 2. The summed E-state index contributed by atoms with van der Waals surface area (Å²) in [5, 5.41) is 7.11. The lowest BCUT2D eigenvalue weighted by molar-refractivity contribution is 0.282. The van der Waals surface area contributed by atoms with Crippen molar-refractivity contribution in [2.75, 3.05) is 12.5 Å². The summed E-state index contributed by atoms with van der Waals surface area (Å²) in [7, 11) is 1.64. The van der Waals surface area contributed by atoms with Gasteiger partial charge in [-0.3, -0.25) is 5.10 Å². The van der Waals surface area contributed by atoms with E-state index in [1.165, 1.54) is 5.56 Å². The van der Waals surface area contributed by atoms with E-state index in [0.717, 1.165) is 34.3 Å². The number of ether oxygens (including phenoxy) is 2. The summed E-state index contributed by atoms with van der Waals surface area (Å²) in [4.78, 5) is 0. The van der Waals surface area contributed by atoms with E-state index in [-0.39, 0.29) is 0 Å². The van der Waals surface area contributed by atoms with Crippen LogP contribution in [0.2, 0.25) is 0 Å². The van der Waals surface area contributed by atoms with E-state index in [9.17, 15) is 0 Å². The molecule has 3 rings (SSSR count). The summed E-state index contributed by atoms with van der Waals surface area (Å²) in [6, 6.07) is 12.2. The summed E-state index contributed by atoms with van der Waals surface area (Å²) in [5.74, 6) is 2.25. The summed E-state index contributed by atoms with van der Waals surface area (Å²) >= 11 is 8.94. The maximum Gasteiger partial charge on any atom is 0.214 e. The van der Waals surface area contributed by atoms with Crippen molar-refractivity contribution in [3.05, 3.63) is 68.2 Å². The zero-order chi connectivity index (χ0) is 20.8. The lowest BCUT2D eigenvalue weighted by Crippen LogP contribution is -2.17. The van der Waals surface area contributed by atoms with Gasteiger partial charge in [0.1, 0.15) is 6.61 Å². The van der Waals surface area contributed by atoms with Crippen molar-refractivity contribution in [1.29, 1.82) is 0 Å². The first kappa shape index (κ1) is 21.4. The van der Waals surface area contributed by atoms with Crippen molar-refractivity contribution in [3.8, 4) is 11.5 Å². The number of aromatic amines is 1. The molecule has 0 radical (unpaired) electrons. The van der Waals surface area contributed by atoms with Gasteiger partial charge in [-0.15, -0.1) is 0 Å². The van der Waals surface area contributed by atoms with Crippen molar-refractivity contribution < 1.29 is 9.47 Å². The molecule has 0 aliphatic rings. The second-order valence-electron chi connectivity index (χ2n) is 6.75. The highest BCUT2D eigenvalue weighted by atomic mass is 79.9. The molecule has 154 valence electrons. The van der Waals surface area contributed by atoms with E-state index in [1.54, 1.807) is 7.11 Å². The molecule has 0 bridgehead atoms. The smallest absolute Gasteiger partial charge is 0.214 e. The zero-order valence-electron chi connectivity index (χ0n) is 16.8. The Morgan fingerprint density at radius 3 is 2.79 bits per heavy atom. The number of hydrogen-bond donors (Lipinski definition) is 2. The molecular formula is C21H25BrN4O2S. The molecule has 0 unspecified atom stereocenters. The molecule has 1 aromatic heterocycles. The summed E-state index contributed by atoms with van der Waals surface area (Å²) in [5.41, 5.74) is 6.68. The van der Waals surface area contributed by atoms with E-state index < -0.39 is 0 Å². The Balaban J connectivity index is 1.74. The van der Waals surface area contributed by atoms with E-state index in [1.807, 2.05) is 28.9 Å². The van der Waals surface area contributed by atoms with Crippen LogP contribution < -0.4 is 14.9 Å². The molecule has 3 aromatic rings. The van der Waals surface area contributed by atoms with Gasteiger partial charge in [-0.05, 0) is 64.8 Å². The van der Waals surface area contributed by atoms with Crippen LogP contribution in [0.1, 0.15) is 35.9 Å². The zero-order valence-corrected chi connectivity index (χ0v) is 19.2. The maximum atomic E-state index is 6.05. The van der Waals surface area contributed by atoms with Crippen LogP contribution in [0, 0.1) is 11.7 Å². The van der Waals surface area contributed by atoms with Gasteiger partial charge in [0.05, 0.1) is 18.1 Å². The molecule has 0 saturated heterocycles. The Bertz CT molecular complexity index is 1030. The Labute approximate surface area is 184 Å². The normalized spacial score (nSPS) is 10.8. The fourth-order valence-electron chi connectivity index (χ4n) is 3.03. The second kappa shape index (κ2) is 9.93. The van der Waals surface area contributed by atoms with Gasteiger partial charge in [0.15, 0.2) is 17.3 Å². The van der Waals surface area contributed by atoms with Gasteiger partial charge < -0.3 is 14.9 Å². The Morgan fingerprint density at radius 1 is 1.24 bits per heavy atom. The van der Waals surface area contributed by atoms with Crippen LogP contribution >= 0.6 is 28.1 Å². The van der Waals surface area contributed by atoms with Gasteiger partial charge in [-0.25, -0.2) is 4.68 Å². The number of nitrogens with one attached hydrogen (secondary N) is 2. The molecule has 0 fully saturated rings. The minimum Gasteiger partial charge on any atom is -0.493 e. The van der Waals surface area contributed by atoms with Crippen molar-refractivity contribution >= 4 is 28.1 Å². The molecule has 0 spiro atoms. The molecular weight excluding hydrogens is 452 g/mol. The first-order chi connectivity index (χ1) is 14.0. The predicted molar refractivity (Wildman–Crippen MR) is 121 cm³/mol. The van der Waals surface area contributed by atoms with Gasteiger partial charge in [-0.2, -0.15) is 5.10 Å². The molecule has 0 aliphatic carbocycles. The summed E-state index contributed by atoms with van der Waals surface area (Å²) in [6.07, 6.45) is 1.84. The first-order valence-corrected chi connectivity index (χ1v) is 10.7. The summed E-state index contributed by atoms with van der Waals surface area (Å²) < 4.78 is 14.8. The van der Waals surface area contributed by atoms with E-state index in [2.05, 4.69) is 57.5 Å². The van der Waals surface area contributed by atoms with Gasteiger partial charge in [0.25, 0.3) is 0 Å². The lowest BCUT2D eigenvalue weighted by atomic mass is 10.1. The van der Waals surface area contributed by atoms with Crippen molar-refractivity contribution in [2.45, 2.75) is 39.8 Å². The maximum absolute atomic E-state index is 6.05. The van der Waals surface area contributed by atoms with E-state index >= 15 is 0 Å². The van der Waals surface area contributed by atoms with Crippen molar-refractivity contribution in [1.82, 2.24) is 14.9 Å². The minimum absolute atomic E-state index is 0.471. The monoisotopic (exact) mass is 476 g/mol. The topological polar surface area (TPSA) is 64.1 Å². The fraction of sp³-hybridized carbons (Fsp3) is 0.333. The number of H-pyrrole nitrogens is 1. The SMILES string of the molecule is CCCc1n[nH]c(=S)n1NCc1cc(Br)c(OCc2cccc(C)c2)c(OC)c1. The molecule has 0 aliphatic heterocycles. The number of benzene rings is 2. The van der Waals surface area contributed by atoms with Gasteiger partial charge in [0, 0.05) is 6.42 Å². The molecule has 0 saturated carbocycles. The highest BCUT2D eigenvalue weighted by Gasteiger charge is 2.13. The average Bonchev–Trinajstić information content (AvgIpc) is 3.05. The Hall–Kier alpha value is -2.32. The van der Waals surface area contributed by atoms with Crippen molar-refractivity contribution in [2.24, 2.45) is 0 Å². The van der Waals surface area contributed by atoms with E-state index in [4.69, 9.17) is 21.7 Å². The highest BCUT2D eigenvalue weighted by Crippen LogP contribution is 2.37. The largest absolute Gasteiger partial charge is 0.493 e.